The zero-order valence-corrected chi connectivity index (χ0v) is 11.9. The molecule has 2 fully saturated rings. The lowest BCUT2D eigenvalue weighted by atomic mass is 9.98. The molecule has 2 heterocycles. The van der Waals surface area contributed by atoms with E-state index in [0.29, 0.717) is 12.3 Å². The lowest BCUT2D eigenvalue weighted by Gasteiger charge is -2.27. The zero-order chi connectivity index (χ0) is 13.9. The van der Waals surface area contributed by atoms with E-state index in [0.717, 1.165) is 32.2 Å². The van der Waals surface area contributed by atoms with Crippen LogP contribution in [0.5, 0.6) is 0 Å². The fraction of sp³-hybridized carbons (Fsp3) is 0.625. The number of rotatable bonds is 3. The molecule has 1 aromatic heterocycles. The Morgan fingerprint density at radius 3 is 2.75 bits per heavy atom. The van der Waals surface area contributed by atoms with Crippen LogP contribution in [-0.2, 0) is 4.79 Å². The van der Waals surface area contributed by atoms with E-state index >= 15 is 0 Å². The Labute approximate surface area is 120 Å². The molecule has 1 aliphatic carbocycles. The van der Waals surface area contributed by atoms with Crippen molar-refractivity contribution in [2.24, 2.45) is 11.7 Å². The van der Waals surface area contributed by atoms with Crippen molar-refractivity contribution in [2.75, 3.05) is 6.54 Å². The van der Waals surface area contributed by atoms with Gasteiger partial charge in [0, 0.05) is 31.4 Å². The van der Waals surface area contributed by atoms with Crippen molar-refractivity contribution in [3.63, 3.8) is 0 Å². The molecule has 3 atom stereocenters. The third-order valence-electron chi connectivity index (χ3n) is 4.82. The highest BCUT2D eigenvalue weighted by atomic mass is 16.2. The standard InChI is InChI=1S/C16H23N3O/c17-14-4-1-3-13(14)11-16(20)19-10-2-5-15(19)12-6-8-18-9-7-12/h6-9,13-15H,1-5,10-11,17H2/t13-,14+,15?/m0/s1. The van der Waals surface area contributed by atoms with Gasteiger partial charge in [0.25, 0.3) is 0 Å². The maximum absolute atomic E-state index is 12.6. The van der Waals surface area contributed by atoms with Crippen LogP contribution in [0.25, 0.3) is 0 Å². The third kappa shape index (κ3) is 2.70. The number of aromatic nitrogens is 1. The number of nitrogens with two attached hydrogens (primary N) is 1. The smallest absolute Gasteiger partial charge is 0.223 e. The van der Waals surface area contributed by atoms with Gasteiger partial charge in [-0.2, -0.15) is 0 Å². The third-order valence-corrected chi connectivity index (χ3v) is 4.82. The van der Waals surface area contributed by atoms with E-state index < -0.39 is 0 Å². The monoisotopic (exact) mass is 273 g/mol. The maximum atomic E-state index is 12.6. The minimum atomic E-state index is 0.223. The summed E-state index contributed by atoms with van der Waals surface area (Å²) < 4.78 is 0. The average Bonchev–Trinajstić information content (AvgIpc) is 3.09. The molecule has 1 saturated carbocycles. The summed E-state index contributed by atoms with van der Waals surface area (Å²) in [6, 6.07) is 4.51. The van der Waals surface area contributed by atoms with Crippen LogP contribution in [0.4, 0.5) is 0 Å². The number of carbonyl (C=O) groups is 1. The van der Waals surface area contributed by atoms with Crippen molar-refractivity contribution in [2.45, 2.75) is 50.6 Å². The van der Waals surface area contributed by atoms with Crippen molar-refractivity contribution in [3.05, 3.63) is 30.1 Å². The summed E-state index contributed by atoms with van der Waals surface area (Å²) in [6.07, 6.45) is 9.76. The van der Waals surface area contributed by atoms with Gasteiger partial charge in [-0.25, -0.2) is 0 Å². The van der Waals surface area contributed by atoms with E-state index in [1.807, 2.05) is 24.5 Å². The molecule has 2 N–H and O–H groups in total. The molecule has 4 nitrogen and oxygen atoms in total. The Balaban J connectivity index is 1.67. The van der Waals surface area contributed by atoms with Gasteiger partial charge in [0.1, 0.15) is 0 Å². The van der Waals surface area contributed by atoms with E-state index in [1.165, 1.54) is 12.0 Å². The van der Waals surface area contributed by atoms with Gasteiger partial charge in [0.2, 0.25) is 5.91 Å². The molecule has 1 unspecified atom stereocenters. The second-order valence-corrected chi connectivity index (χ2v) is 6.08. The summed E-state index contributed by atoms with van der Waals surface area (Å²) in [5.74, 6) is 0.674. The van der Waals surface area contributed by atoms with Gasteiger partial charge >= 0.3 is 0 Å². The lowest BCUT2D eigenvalue weighted by Crippen LogP contribution is -2.35. The number of amides is 1. The quantitative estimate of drug-likeness (QED) is 0.919. The number of hydrogen-bond acceptors (Lipinski definition) is 3. The molecule has 2 aliphatic rings. The van der Waals surface area contributed by atoms with Crippen LogP contribution in [0.15, 0.2) is 24.5 Å². The fourth-order valence-corrected chi connectivity index (χ4v) is 3.66. The average molecular weight is 273 g/mol. The SMILES string of the molecule is N[C@@H]1CCC[C@H]1CC(=O)N1CCCC1c1ccncc1. The minimum absolute atomic E-state index is 0.223. The van der Waals surface area contributed by atoms with Crippen molar-refractivity contribution in [1.29, 1.82) is 0 Å². The summed E-state index contributed by atoms with van der Waals surface area (Å²) in [7, 11) is 0. The summed E-state index contributed by atoms with van der Waals surface area (Å²) in [5, 5.41) is 0. The second kappa shape index (κ2) is 5.92. The summed E-state index contributed by atoms with van der Waals surface area (Å²) in [5.41, 5.74) is 7.30. The first-order chi connectivity index (χ1) is 9.75. The highest BCUT2D eigenvalue weighted by Crippen LogP contribution is 2.34. The first-order valence-corrected chi connectivity index (χ1v) is 7.70. The molecule has 4 heteroatoms. The van der Waals surface area contributed by atoms with E-state index in [-0.39, 0.29) is 18.0 Å². The van der Waals surface area contributed by atoms with Gasteiger partial charge in [-0.3, -0.25) is 9.78 Å². The number of nitrogens with zero attached hydrogens (tertiary/aromatic N) is 2. The predicted molar refractivity (Wildman–Crippen MR) is 77.9 cm³/mol. The molecular formula is C16H23N3O. The van der Waals surface area contributed by atoms with E-state index in [1.54, 1.807) is 0 Å². The van der Waals surface area contributed by atoms with Crippen LogP contribution in [-0.4, -0.2) is 28.4 Å². The summed E-state index contributed by atoms with van der Waals surface area (Å²) in [4.78, 5) is 18.7. The number of likely N-dealkylation sites (tertiary alicyclic amines) is 1. The summed E-state index contributed by atoms with van der Waals surface area (Å²) in [6.45, 7) is 0.883. The predicted octanol–water partition coefficient (Wildman–Crippen LogP) is 2.26. The first kappa shape index (κ1) is 13.6. The van der Waals surface area contributed by atoms with Crippen molar-refractivity contribution in [3.8, 4) is 0 Å². The van der Waals surface area contributed by atoms with Crippen LogP contribution < -0.4 is 5.73 Å². The maximum Gasteiger partial charge on any atom is 0.223 e. The molecule has 1 aromatic rings. The largest absolute Gasteiger partial charge is 0.336 e. The van der Waals surface area contributed by atoms with Crippen molar-refractivity contribution in [1.82, 2.24) is 9.88 Å². The highest BCUT2D eigenvalue weighted by molar-refractivity contribution is 5.77. The van der Waals surface area contributed by atoms with Gasteiger partial charge in [-0.05, 0) is 49.3 Å². The van der Waals surface area contributed by atoms with Crippen LogP contribution in [0.1, 0.15) is 50.1 Å². The van der Waals surface area contributed by atoms with E-state index in [2.05, 4.69) is 9.88 Å². The van der Waals surface area contributed by atoms with E-state index in [9.17, 15) is 4.79 Å². The molecule has 0 spiro atoms. The lowest BCUT2D eigenvalue weighted by molar-refractivity contribution is -0.133. The fourth-order valence-electron chi connectivity index (χ4n) is 3.66. The molecule has 1 saturated heterocycles. The number of pyridine rings is 1. The van der Waals surface area contributed by atoms with Gasteiger partial charge < -0.3 is 10.6 Å². The number of hydrogen-bond donors (Lipinski definition) is 1. The van der Waals surface area contributed by atoms with Crippen molar-refractivity contribution < 1.29 is 4.79 Å². The Hall–Kier alpha value is -1.42. The first-order valence-electron chi connectivity index (χ1n) is 7.70. The van der Waals surface area contributed by atoms with Crippen LogP contribution in [0, 0.1) is 5.92 Å². The molecule has 108 valence electrons. The molecule has 1 amide bonds. The number of carbonyl (C=O) groups excluding carboxylic acids is 1. The molecule has 20 heavy (non-hydrogen) atoms. The zero-order valence-electron chi connectivity index (χ0n) is 11.9. The van der Waals surface area contributed by atoms with Gasteiger partial charge in [-0.15, -0.1) is 0 Å². The highest BCUT2D eigenvalue weighted by Gasteiger charge is 2.33. The van der Waals surface area contributed by atoms with Crippen LogP contribution in [0.2, 0.25) is 0 Å². The normalized spacial score (nSPS) is 29.9. The molecule has 1 aliphatic heterocycles. The Morgan fingerprint density at radius 1 is 1.25 bits per heavy atom. The molecule has 0 aromatic carbocycles. The molecule has 3 rings (SSSR count). The molecular weight excluding hydrogens is 250 g/mol. The molecule has 0 radical (unpaired) electrons. The Bertz CT molecular complexity index is 462. The van der Waals surface area contributed by atoms with E-state index in [4.69, 9.17) is 5.73 Å². The van der Waals surface area contributed by atoms with Gasteiger partial charge in [0.05, 0.1) is 6.04 Å². The van der Waals surface area contributed by atoms with Gasteiger partial charge in [-0.1, -0.05) is 6.42 Å². The second-order valence-electron chi connectivity index (χ2n) is 6.08. The molecule has 0 bridgehead atoms. The Morgan fingerprint density at radius 2 is 2.05 bits per heavy atom. The minimum Gasteiger partial charge on any atom is -0.336 e. The van der Waals surface area contributed by atoms with Crippen LogP contribution >= 0.6 is 0 Å². The Kier molecular flexibility index (Phi) is 4.01. The van der Waals surface area contributed by atoms with Crippen molar-refractivity contribution >= 4 is 5.91 Å². The van der Waals surface area contributed by atoms with Gasteiger partial charge in [0.15, 0.2) is 0 Å². The van der Waals surface area contributed by atoms with Crippen LogP contribution in [0.3, 0.4) is 0 Å². The topological polar surface area (TPSA) is 59.2 Å². The summed E-state index contributed by atoms with van der Waals surface area (Å²) >= 11 is 0.